The van der Waals surface area contributed by atoms with Crippen molar-refractivity contribution in [2.24, 2.45) is 11.8 Å². The zero-order valence-corrected chi connectivity index (χ0v) is 19.9. The molecule has 4 aliphatic rings. The number of nitrogens with zero attached hydrogens (tertiary/aromatic N) is 2. The second kappa shape index (κ2) is 11.9. The molecule has 4 rings (SSSR count). The van der Waals surface area contributed by atoms with E-state index in [2.05, 4.69) is 22.5 Å². The lowest BCUT2D eigenvalue weighted by Crippen LogP contribution is -2.52. The second-order valence-electron chi connectivity index (χ2n) is 9.86. The van der Waals surface area contributed by atoms with E-state index in [9.17, 15) is 9.59 Å². The highest BCUT2D eigenvalue weighted by molar-refractivity contribution is 5.85. The molecule has 6 nitrogen and oxygen atoms in total. The van der Waals surface area contributed by atoms with Gasteiger partial charge in [-0.05, 0) is 63.2 Å². The lowest BCUT2D eigenvalue weighted by atomic mass is 9.87. The minimum absolute atomic E-state index is 0. The van der Waals surface area contributed by atoms with E-state index in [0.29, 0.717) is 36.5 Å². The SMILES string of the molecule is CC1CCC(NC(=O)CN2CCN(C(=O)CC3CC4CCC(C3)N4)CC2)CC1.Cl.Cl. The number of piperidine rings is 1. The molecule has 2 amide bonds. The second-order valence-corrected chi connectivity index (χ2v) is 9.86. The van der Waals surface area contributed by atoms with E-state index in [1.165, 1.54) is 38.5 Å². The molecule has 2 bridgehead atoms. The molecule has 0 aromatic carbocycles. The van der Waals surface area contributed by atoms with Crippen molar-refractivity contribution in [2.45, 2.75) is 82.8 Å². The van der Waals surface area contributed by atoms with Gasteiger partial charge in [-0.25, -0.2) is 0 Å². The number of carbonyl (C=O) groups is 2. The van der Waals surface area contributed by atoms with Crippen molar-refractivity contribution < 1.29 is 9.59 Å². The Kier molecular flexibility index (Phi) is 10.2. The van der Waals surface area contributed by atoms with Gasteiger partial charge >= 0.3 is 0 Å². The van der Waals surface area contributed by atoms with Gasteiger partial charge in [0.1, 0.15) is 0 Å². The number of rotatable bonds is 5. The Balaban J connectivity index is 0.00000160. The van der Waals surface area contributed by atoms with Crippen molar-refractivity contribution in [1.29, 1.82) is 0 Å². The Labute approximate surface area is 194 Å². The quantitative estimate of drug-likeness (QED) is 0.658. The number of piperazine rings is 1. The van der Waals surface area contributed by atoms with E-state index in [1.54, 1.807) is 0 Å². The summed E-state index contributed by atoms with van der Waals surface area (Å²) in [5.74, 6) is 1.85. The van der Waals surface area contributed by atoms with E-state index >= 15 is 0 Å². The maximum absolute atomic E-state index is 12.7. The summed E-state index contributed by atoms with van der Waals surface area (Å²) < 4.78 is 0. The van der Waals surface area contributed by atoms with Gasteiger partial charge in [-0.3, -0.25) is 14.5 Å². The van der Waals surface area contributed by atoms with Gasteiger partial charge in [-0.15, -0.1) is 24.8 Å². The van der Waals surface area contributed by atoms with Crippen LogP contribution in [0.25, 0.3) is 0 Å². The van der Waals surface area contributed by atoms with Gasteiger partial charge < -0.3 is 15.5 Å². The molecule has 2 unspecified atom stereocenters. The Morgan fingerprint density at radius 2 is 1.50 bits per heavy atom. The van der Waals surface area contributed by atoms with Crippen molar-refractivity contribution in [1.82, 2.24) is 20.4 Å². The third-order valence-corrected chi connectivity index (χ3v) is 7.51. The summed E-state index contributed by atoms with van der Waals surface area (Å²) in [6, 6.07) is 1.67. The molecule has 2 atom stereocenters. The minimum atomic E-state index is 0. The summed E-state index contributed by atoms with van der Waals surface area (Å²) in [6.07, 6.45) is 10.3. The molecule has 2 N–H and O–H groups in total. The van der Waals surface area contributed by atoms with Crippen LogP contribution in [0.5, 0.6) is 0 Å². The summed E-state index contributed by atoms with van der Waals surface area (Å²) in [5, 5.41) is 6.88. The zero-order chi connectivity index (χ0) is 19.5. The molecule has 3 saturated heterocycles. The third-order valence-electron chi connectivity index (χ3n) is 7.51. The Bertz CT molecular complexity index is 551. The van der Waals surface area contributed by atoms with Crippen LogP contribution in [-0.4, -0.2) is 72.5 Å². The maximum Gasteiger partial charge on any atom is 0.234 e. The minimum Gasteiger partial charge on any atom is -0.352 e. The molecule has 8 heteroatoms. The topological polar surface area (TPSA) is 64.7 Å². The predicted molar refractivity (Wildman–Crippen MR) is 124 cm³/mol. The van der Waals surface area contributed by atoms with Gasteiger partial charge in [-0.1, -0.05) is 6.92 Å². The first-order chi connectivity index (χ1) is 13.5. The molecule has 0 spiro atoms. The number of halogens is 2. The molecular weight excluding hydrogens is 423 g/mol. The van der Waals surface area contributed by atoms with Gasteiger partial charge in [0.25, 0.3) is 0 Å². The van der Waals surface area contributed by atoms with Crippen LogP contribution in [-0.2, 0) is 9.59 Å². The van der Waals surface area contributed by atoms with Crippen LogP contribution in [0.3, 0.4) is 0 Å². The van der Waals surface area contributed by atoms with Crippen molar-refractivity contribution in [3.8, 4) is 0 Å². The molecule has 0 aromatic rings. The number of fused-ring (bicyclic) bond motifs is 2. The highest BCUT2D eigenvalue weighted by Gasteiger charge is 2.35. The predicted octanol–water partition coefficient (Wildman–Crippen LogP) is 2.59. The average molecular weight is 463 g/mol. The lowest BCUT2D eigenvalue weighted by molar-refractivity contribution is -0.134. The number of amides is 2. The van der Waals surface area contributed by atoms with Crippen molar-refractivity contribution in [3.05, 3.63) is 0 Å². The van der Waals surface area contributed by atoms with Crippen LogP contribution in [0.2, 0.25) is 0 Å². The van der Waals surface area contributed by atoms with Gasteiger partial charge in [0.2, 0.25) is 11.8 Å². The standard InChI is InChI=1S/C22H38N4O2.2ClH/c1-16-2-4-18(5-3-16)24-21(27)15-25-8-10-26(11-9-25)22(28)14-17-12-19-6-7-20(13-17)23-19;;/h16-20,23H,2-15H2,1H3,(H,24,27);2*1H. The summed E-state index contributed by atoms with van der Waals surface area (Å²) in [7, 11) is 0. The highest BCUT2D eigenvalue weighted by Crippen LogP contribution is 2.33. The van der Waals surface area contributed by atoms with Crippen LogP contribution in [0.1, 0.15) is 64.7 Å². The van der Waals surface area contributed by atoms with Gasteiger partial charge in [0.05, 0.1) is 6.54 Å². The average Bonchev–Trinajstić information content (AvgIpc) is 3.02. The Morgan fingerprint density at radius 3 is 2.10 bits per heavy atom. The van der Waals surface area contributed by atoms with Crippen LogP contribution in [0.4, 0.5) is 0 Å². The number of hydrogen-bond acceptors (Lipinski definition) is 4. The first kappa shape index (κ1) is 25.7. The van der Waals surface area contributed by atoms with Crippen LogP contribution in [0.15, 0.2) is 0 Å². The molecule has 3 aliphatic heterocycles. The molecule has 30 heavy (non-hydrogen) atoms. The zero-order valence-electron chi connectivity index (χ0n) is 18.3. The fourth-order valence-corrected chi connectivity index (χ4v) is 5.75. The largest absolute Gasteiger partial charge is 0.352 e. The van der Waals surface area contributed by atoms with E-state index in [4.69, 9.17) is 0 Å². The highest BCUT2D eigenvalue weighted by atomic mass is 35.5. The smallest absolute Gasteiger partial charge is 0.234 e. The van der Waals surface area contributed by atoms with Gasteiger partial charge in [-0.2, -0.15) is 0 Å². The Hall–Kier alpha value is -0.560. The number of nitrogens with one attached hydrogen (secondary N) is 2. The number of hydrogen-bond donors (Lipinski definition) is 2. The van der Waals surface area contributed by atoms with E-state index < -0.39 is 0 Å². The normalized spacial score (nSPS) is 33.9. The first-order valence-corrected chi connectivity index (χ1v) is 11.6. The molecule has 0 aromatic heterocycles. The van der Waals surface area contributed by atoms with E-state index in [1.807, 2.05) is 4.90 Å². The summed E-state index contributed by atoms with van der Waals surface area (Å²) in [5.41, 5.74) is 0. The third kappa shape index (κ3) is 6.98. The summed E-state index contributed by atoms with van der Waals surface area (Å²) >= 11 is 0. The Morgan fingerprint density at radius 1 is 0.900 bits per heavy atom. The molecule has 1 saturated carbocycles. The first-order valence-electron chi connectivity index (χ1n) is 11.6. The van der Waals surface area contributed by atoms with Crippen molar-refractivity contribution in [2.75, 3.05) is 32.7 Å². The van der Waals surface area contributed by atoms with Crippen LogP contribution < -0.4 is 10.6 Å². The monoisotopic (exact) mass is 462 g/mol. The molecular formula is C22H40Cl2N4O2. The van der Waals surface area contributed by atoms with E-state index in [0.717, 1.165) is 51.4 Å². The number of carbonyl (C=O) groups excluding carboxylic acids is 2. The fourth-order valence-electron chi connectivity index (χ4n) is 5.75. The molecule has 0 radical (unpaired) electrons. The lowest BCUT2D eigenvalue weighted by Gasteiger charge is -2.36. The van der Waals surface area contributed by atoms with Crippen molar-refractivity contribution >= 4 is 36.6 Å². The van der Waals surface area contributed by atoms with E-state index in [-0.39, 0.29) is 30.7 Å². The van der Waals surface area contributed by atoms with Gasteiger partial charge in [0, 0.05) is 50.7 Å². The molecule has 1 aliphatic carbocycles. The molecule has 4 fully saturated rings. The maximum atomic E-state index is 12.7. The summed E-state index contributed by atoms with van der Waals surface area (Å²) in [4.78, 5) is 29.3. The van der Waals surface area contributed by atoms with Crippen LogP contribution in [0, 0.1) is 11.8 Å². The van der Waals surface area contributed by atoms with Crippen LogP contribution >= 0.6 is 24.8 Å². The van der Waals surface area contributed by atoms with Crippen molar-refractivity contribution in [3.63, 3.8) is 0 Å². The summed E-state index contributed by atoms with van der Waals surface area (Å²) in [6.45, 7) is 5.95. The fraction of sp³-hybridized carbons (Fsp3) is 0.909. The van der Waals surface area contributed by atoms with Gasteiger partial charge in [0.15, 0.2) is 0 Å². The molecule has 3 heterocycles. The molecule has 174 valence electrons.